The molecule has 1 atom stereocenters. The van der Waals surface area contributed by atoms with Gasteiger partial charge in [-0.05, 0) is 18.6 Å². The van der Waals surface area contributed by atoms with Gasteiger partial charge in [-0.3, -0.25) is 4.98 Å². The summed E-state index contributed by atoms with van der Waals surface area (Å²) in [4.78, 5) is 4.23. The standard InChI is InChI=1S/C11H13N/c1-3-7-10(4-2)11-8-5-6-9-12-11/h2,5-6,8-10H,3,7H2,1H3. The average molecular weight is 159 g/mol. The summed E-state index contributed by atoms with van der Waals surface area (Å²) in [6, 6.07) is 5.87. The molecule has 1 nitrogen and oxygen atoms in total. The quantitative estimate of drug-likeness (QED) is 0.618. The van der Waals surface area contributed by atoms with Gasteiger partial charge in [-0.1, -0.05) is 25.3 Å². The van der Waals surface area contributed by atoms with Crippen molar-refractivity contribution in [3.63, 3.8) is 0 Å². The van der Waals surface area contributed by atoms with Crippen LogP contribution in [-0.4, -0.2) is 4.98 Å². The van der Waals surface area contributed by atoms with E-state index in [9.17, 15) is 0 Å². The molecule has 0 radical (unpaired) electrons. The lowest BCUT2D eigenvalue weighted by molar-refractivity contribution is 0.716. The van der Waals surface area contributed by atoms with Crippen molar-refractivity contribution in [2.75, 3.05) is 0 Å². The number of terminal acetylenes is 1. The van der Waals surface area contributed by atoms with Gasteiger partial charge < -0.3 is 0 Å². The van der Waals surface area contributed by atoms with E-state index in [0.717, 1.165) is 18.5 Å². The first-order valence-electron chi connectivity index (χ1n) is 4.25. The lowest BCUT2D eigenvalue weighted by atomic mass is 10.0. The van der Waals surface area contributed by atoms with Crippen LogP contribution in [0.4, 0.5) is 0 Å². The molecule has 0 bridgehead atoms. The van der Waals surface area contributed by atoms with Crippen LogP contribution in [0.5, 0.6) is 0 Å². The maximum absolute atomic E-state index is 5.40. The second-order valence-electron chi connectivity index (χ2n) is 2.76. The second-order valence-corrected chi connectivity index (χ2v) is 2.76. The van der Waals surface area contributed by atoms with E-state index in [1.54, 1.807) is 6.20 Å². The summed E-state index contributed by atoms with van der Waals surface area (Å²) in [6.07, 6.45) is 9.31. The molecule has 0 N–H and O–H groups in total. The van der Waals surface area contributed by atoms with Crippen molar-refractivity contribution in [2.24, 2.45) is 0 Å². The van der Waals surface area contributed by atoms with E-state index < -0.39 is 0 Å². The zero-order chi connectivity index (χ0) is 8.81. The molecule has 1 rings (SSSR count). The topological polar surface area (TPSA) is 12.9 Å². The zero-order valence-electron chi connectivity index (χ0n) is 7.33. The van der Waals surface area contributed by atoms with Crippen LogP contribution >= 0.6 is 0 Å². The minimum Gasteiger partial charge on any atom is -0.260 e. The van der Waals surface area contributed by atoms with Gasteiger partial charge in [0.25, 0.3) is 0 Å². The highest BCUT2D eigenvalue weighted by molar-refractivity contribution is 5.18. The van der Waals surface area contributed by atoms with Crippen LogP contribution in [0.3, 0.4) is 0 Å². The molecule has 0 saturated heterocycles. The molecule has 0 aliphatic carbocycles. The van der Waals surface area contributed by atoms with E-state index in [-0.39, 0.29) is 5.92 Å². The number of hydrogen-bond donors (Lipinski definition) is 0. The van der Waals surface area contributed by atoms with Crippen molar-refractivity contribution in [3.8, 4) is 12.3 Å². The van der Waals surface area contributed by atoms with Crippen LogP contribution in [0.15, 0.2) is 24.4 Å². The summed E-state index contributed by atoms with van der Waals surface area (Å²) in [7, 11) is 0. The van der Waals surface area contributed by atoms with Crippen LogP contribution < -0.4 is 0 Å². The SMILES string of the molecule is C#CC(CCC)c1ccccn1. The fourth-order valence-electron chi connectivity index (χ4n) is 1.19. The Bertz CT molecular complexity index is 258. The predicted octanol–water partition coefficient (Wildman–Crippen LogP) is 2.60. The highest BCUT2D eigenvalue weighted by Crippen LogP contribution is 2.16. The first-order valence-corrected chi connectivity index (χ1v) is 4.25. The van der Waals surface area contributed by atoms with Crippen molar-refractivity contribution in [2.45, 2.75) is 25.7 Å². The van der Waals surface area contributed by atoms with E-state index in [4.69, 9.17) is 6.42 Å². The van der Waals surface area contributed by atoms with Crippen molar-refractivity contribution in [3.05, 3.63) is 30.1 Å². The molecule has 0 aliphatic rings. The Hall–Kier alpha value is -1.29. The third-order valence-electron chi connectivity index (χ3n) is 1.82. The Kier molecular flexibility index (Phi) is 3.35. The van der Waals surface area contributed by atoms with E-state index in [0.29, 0.717) is 0 Å². The molecule has 1 heteroatoms. The Morgan fingerprint density at radius 3 is 2.92 bits per heavy atom. The summed E-state index contributed by atoms with van der Waals surface area (Å²) in [5.74, 6) is 2.95. The molecule has 1 unspecified atom stereocenters. The monoisotopic (exact) mass is 159 g/mol. The van der Waals surface area contributed by atoms with Gasteiger partial charge in [0.2, 0.25) is 0 Å². The van der Waals surface area contributed by atoms with Crippen LogP contribution in [0, 0.1) is 12.3 Å². The van der Waals surface area contributed by atoms with Gasteiger partial charge in [-0.2, -0.15) is 0 Å². The number of aromatic nitrogens is 1. The summed E-state index contributed by atoms with van der Waals surface area (Å²) >= 11 is 0. The lowest BCUT2D eigenvalue weighted by Crippen LogP contribution is -1.97. The summed E-state index contributed by atoms with van der Waals surface area (Å²) in [5, 5.41) is 0. The summed E-state index contributed by atoms with van der Waals surface area (Å²) < 4.78 is 0. The van der Waals surface area contributed by atoms with Crippen molar-refractivity contribution in [1.82, 2.24) is 4.98 Å². The van der Waals surface area contributed by atoms with E-state index in [1.165, 1.54) is 0 Å². The van der Waals surface area contributed by atoms with Gasteiger partial charge in [0.05, 0.1) is 11.6 Å². The third-order valence-corrected chi connectivity index (χ3v) is 1.82. The molecule has 1 heterocycles. The molecule has 1 aromatic rings. The Balaban J connectivity index is 2.75. The Morgan fingerprint density at radius 2 is 2.42 bits per heavy atom. The zero-order valence-corrected chi connectivity index (χ0v) is 7.33. The first kappa shape index (κ1) is 8.80. The fraction of sp³-hybridized carbons (Fsp3) is 0.364. The van der Waals surface area contributed by atoms with E-state index >= 15 is 0 Å². The van der Waals surface area contributed by atoms with Crippen LogP contribution in [-0.2, 0) is 0 Å². The smallest absolute Gasteiger partial charge is 0.0622 e. The minimum absolute atomic E-state index is 0.191. The molecular formula is C11H13N. The Labute approximate surface area is 73.8 Å². The molecule has 0 amide bonds. The molecular weight excluding hydrogens is 146 g/mol. The highest BCUT2D eigenvalue weighted by Gasteiger charge is 2.06. The first-order chi connectivity index (χ1) is 5.88. The molecule has 0 saturated carbocycles. The predicted molar refractivity (Wildman–Crippen MR) is 50.7 cm³/mol. The Morgan fingerprint density at radius 1 is 1.58 bits per heavy atom. The summed E-state index contributed by atoms with van der Waals surface area (Å²) in [6.45, 7) is 2.13. The van der Waals surface area contributed by atoms with E-state index in [2.05, 4.69) is 17.8 Å². The fourth-order valence-corrected chi connectivity index (χ4v) is 1.19. The minimum atomic E-state index is 0.191. The van der Waals surface area contributed by atoms with Crippen LogP contribution in [0.2, 0.25) is 0 Å². The van der Waals surface area contributed by atoms with Crippen molar-refractivity contribution in [1.29, 1.82) is 0 Å². The average Bonchev–Trinajstić information content (AvgIpc) is 2.15. The molecule has 0 fully saturated rings. The van der Waals surface area contributed by atoms with Gasteiger partial charge in [-0.25, -0.2) is 0 Å². The molecule has 0 aromatic carbocycles. The number of pyridine rings is 1. The number of hydrogen-bond acceptors (Lipinski definition) is 1. The van der Waals surface area contributed by atoms with Gasteiger partial charge in [0.15, 0.2) is 0 Å². The maximum atomic E-state index is 5.40. The lowest BCUT2D eigenvalue weighted by Gasteiger charge is -2.06. The molecule has 12 heavy (non-hydrogen) atoms. The second kappa shape index (κ2) is 4.56. The molecule has 0 spiro atoms. The van der Waals surface area contributed by atoms with Gasteiger partial charge in [-0.15, -0.1) is 6.42 Å². The summed E-state index contributed by atoms with van der Waals surface area (Å²) in [5.41, 5.74) is 1.02. The highest BCUT2D eigenvalue weighted by atomic mass is 14.7. The molecule has 1 aromatic heterocycles. The van der Waals surface area contributed by atoms with Crippen LogP contribution in [0.1, 0.15) is 31.4 Å². The van der Waals surface area contributed by atoms with Crippen molar-refractivity contribution < 1.29 is 0 Å². The van der Waals surface area contributed by atoms with Gasteiger partial charge in [0.1, 0.15) is 0 Å². The molecule has 0 aliphatic heterocycles. The van der Waals surface area contributed by atoms with Gasteiger partial charge >= 0.3 is 0 Å². The van der Waals surface area contributed by atoms with E-state index in [1.807, 2.05) is 18.2 Å². The van der Waals surface area contributed by atoms with Crippen LogP contribution in [0.25, 0.3) is 0 Å². The maximum Gasteiger partial charge on any atom is 0.0622 e. The number of rotatable bonds is 3. The number of nitrogens with zero attached hydrogens (tertiary/aromatic N) is 1. The molecule has 62 valence electrons. The van der Waals surface area contributed by atoms with Crippen molar-refractivity contribution >= 4 is 0 Å². The van der Waals surface area contributed by atoms with Gasteiger partial charge in [0, 0.05) is 6.20 Å². The largest absolute Gasteiger partial charge is 0.260 e. The third kappa shape index (κ3) is 2.10. The normalized spacial score (nSPS) is 12.0.